The molecule has 0 aromatic carbocycles. The molecule has 4 aliphatic heterocycles. The fourth-order valence-corrected chi connectivity index (χ4v) is 8.19. The normalized spacial score (nSPS) is 38.1. The van der Waals surface area contributed by atoms with E-state index in [1.54, 1.807) is 23.6 Å². The number of hydrogen-bond acceptors (Lipinski definition) is 9. The summed E-state index contributed by atoms with van der Waals surface area (Å²) < 4.78 is 12.1. The van der Waals surface area contributed by atoms with Crippen molar-refractivity contribution in [3.05, 3.63) is 11.3 Å². The highest BCUT2D eigenvalue weighted by Crippen LogP contribution is 2.57. The van der Waals surface area contributed by atoms with Crippen molar-refractivity contribution in [3.8, 4) is 0 Å². The van der Waals surface area contributed by atoms with E-state index in [4.69, 9.17) is 9.47 Å². The number of fused-ring (bicyclic) bond motifs is 5. The third kappa shape index (κ3) is 3.80. The molecule has 7 unspecified atom stereocenters. The summed E-state index contributed by atoms with van der Waals surface area (Å²) in [5.74, 6) is -1.75. The van der Waals surface area contributed by atoms with Gasteiger partial charge in [-0.25, -0.2) is 4.79 Å². The number of allylic oxidation sites excluding steroid dienone is 1. The summed E-state index contributed by atoms with van der Waals surface area (Å²) in [4.78, 5) is 57.1. The number of esters is 2. The second kappa shape index (κ2) is 9.52. The van der Waals surface area contributed by atoms with Gasteiger partial charge in [-0.3, -0.25) is 24.6 Å². The molecule has 0 aromatic rings. The second-order valence-corrected chi connectivity index (χ2v) is 13.3. The van der Waals surface area contributed by atoms with Crippen LogP contribution in [0.15, 0.2) is 11.3 Å². The number of hydrogen-bond donors (Lipinski definition) is 2. The minimum Gasteiger partial charge on any atom is -0.459 e. The number of nitrogens with one attached hydrogen (secondary N) is 1. The van der Waals surface area contributed by atoms with Gasteiger partial charge in [0.05, 0.1) is 5.92 Å². The Bertz CT molecular complexity index is 1170. The van der Waals surface area contributed by atoms with E-state index in [2.05, 4.69) is 5.32 Å². The maximum Gasteiger partial charge on any atom is 0.330 e. The zero-order valence-corrected chi connectivity index (χ0v) is 24.1. The molecular formula is C29H42N4O7. The maximum absolute atomic E-state index is 14.3. The molecule has 11 nitrogen and oxygen atoms in total. The second-order valence-electron chi connectivity index (χ2n) is 13.3. The van der Waals surface area contributed by atoms with E-state index >= 15 is 0 Å². The van der Waals surface area contributed by atoms with Crippen LogP contribution < -0.4 is 5.32 Å². The zero-order chi connectivity index (χ0) is 28.7. The molecule has 40 heavy (non-hydrogen) atoms. The lowest BCUT2D eigenvalue weighted by Gasteiger charge is -2.50. The Labute approximate surface area is 235 Å². The zero-order valence-electron chi connectivity index (χ0n) is 24.1. The minimum atomic E-state index is -1.25. The highest BCUT2D eigenvalue weighted by molar-refractivity contribution is 5.93. The molecule has 0 aromatic heterocycles. The molecule has 6 aliphatic rings. The number of ether oxygens (including phenoxy) is 2. The molecule has 0 bridgehead atoms. The Hall–Kier alpha value is -2.50. The van der Waals surface area contributed by atoms with Gasteiger partial charge in [0, 0.05) is 25.1 Å². The smallest absolute Gasteiger partial charge is 0.330 e. The highest BCUT2D eigenvalue weighted by Gasteiger charge is 2.71. The van der Waals surface area contributed by atoms with Crippen LogP contribution in [0.3, 0.4) is 0 Å². The van der Waals surface area contributed by atoms with Crippen LogP contribution in [0.25, 0.3) is 0 Å². The van der Waals surface area contributed by atoms with Gasteiger partial charge >= 0.3 is 11.9 Å². The largest absolute Gasteiger partial charge is 0.459 e. The van der Waals surface area contributed by atoms with Crippen LogP contribution in [0.2, 0.25) is 0 Å². The van der Waals surface area contributed by atoms with E-state index in [1.807, 2.05) is 13.8 Å². The van der Waals surface area contributed by atoms with Crippen molar-refractivity contribution >= 4 is 23.8 Å². The Balaban J connectivity index is 1.42. The molecule has 7 atom stereocenters. The van der Waals surface area contributed by atoms with Gasteiger partial charge < -0.3 is 19.6 Å². The summed E-state index contributed by atoms with van der Waals surface area (Å²) in [6.45, 7) is 8.56. The lowest BCUT2D eigenvalue weighted by atomic mass is 9.78. The van der Waals surface area contributed by atoms with Crippen LogP contribution in [-0.2, 0) is 28.7 Å². The van der Waals surface area contributed by atoms with Crippen molar-refractivity contribution in [1.29, 1.82) is 0 Å². The van der Waals surface area contributed by atoms with Crippen molar-refractivity contribution in [3.63, 3.8) is 0 Å². The van der Waals surface area contributed by atoms with Crippen LogP contribution in [0.5, 0.6) is 0 Å². The van der Waals surface area contributed by atoms with Gasteiger partial charge in [0.15, 0.2) is 11.8 Å². The maximum atomic E-state index is 14.3. The molecule has 11 heteroatoms. The van der Waals surface area contributed by atoms with Crippen molar-refractivity contribution in [2.24, 2.45) is 11.8 Å². The van der Waals surface area contributed by atoms with Gasteiger partial charge in [0.25, 0.3) is 5.91 Å². The number of hydroxylamine groups is 2. The van der Waals surface area contributed by atoms with Crippen molar-refractivity contribution in [2.75, 3.05) is 0 Å². The van der Waals surface area contributed by atoms with Crippen LogP contribution in [0, 0.1) is 11.8 Å². The number of amides is 2. The first-order chi connectivity index (χ1) is 18.9. The first-order valence-corrected chi connectivity index (χ1v) is 14.9. The summed E-state index contributed by atoms with van der Waals surface area (Å²) in [5.41, 5.74) is -0.714. The van der Waals surface area contributed by atoms with Gasteiger partial charge in [-0.15, -0.1) is 5.06 Å². The van der Waals surface area contributed by atoms with E-state index in [0.717, 1.165) is 54.9 Å². The predicted octanol–water partition coefficient (Wildman–Crippen LogP) is 2.42. The highest BCUT2D eigenvalue weighted by atomic mass is 16.6. The van der Waals surface area contributed by atoms with E-state index in [0.29, 0.717) is 12.8 Å². The molecule has 3 saturated heterocycles. The minimum absolute atomic E-state index is 0.0542. The Morgan fingerprint density at radius 1 is 1.10 bits per heavy atom. The van der Waals surface area contributed by atoms with E-state index < -0.39 is 47.6 Å². The van der Waals surface area contributed by atoms with Crippen molar-refractivity contribution < 1.29 is 33.9 Å². The Morgan fingerprint density at radius 2 is 1.80 bits per heavy atom. The molecule has 220 valence electrons. The fourth-order valence-electron chi connectivity index (χ4n) is 8.19. The summed E-state index contributed by atoms with van der Waals surface area (Å²) in [6.07, 6.45) is 4.52. The van der Waals surface area contributed by atoms with Gasteiger partial charge in [0.2, 0.25) is 5.91 Å². The molecule has 1 saturated carbocycles. The molecule has 2 aliphatic carbocycles. The molecule has 0 radical (unpaired) electrons. The van der Waals surface area contributed by atoms with Gasteiger partial charge in [-0.2, -0.15) is 0 Å². The van der Waals surface area contributed by atoms with E-state index in [1.165, 1.54) is 6.92 Å². The van der Waals surface area contributed by atoms with Crippen LogP contribution >= 0.6 is 0 Å². The number of carbonyl (C=O) groups excluding carboxylic acids is 4. The third-order valence-corrected chi connectivity index (χ3v) is 10.1. The molecule has 1 spiro atoms. The molecule has 4 heterocycles. The first-order valence-electron chi connectivity index (χ1n) is 14.9. The Kier molecular flexibility index (Phi) is 6.59. The SMILES string of the molecule is CC(=O)OC(C(C)C)C1NC2CCCCC2C(=O)N1C1CC2(OC1=O)C1=C(CCCC1)N1C(=O)C(C)(C)N(O)C12. The van der Waals surface area contributed by atoms with Gasteiger partial charge in [-0.1, -0.05) is 26.7 Å². The molecule has 2 N–H and O–H groups in total. The lowest BCUT2D eigenvalue weighted by Crippen LogP contribution is -2.71. The van der Waals surface area contributed by atoms with Crippen LogP contribution in [-0.4, -0.2) is 85.5 Å². The molecule has 6 rings (SSSR count). The number of nitrogens with zero attached hydrogens (tertiary/aromatic N) is 3. The van der Waals surface area contributed by atoms with Crippen LogP contribution in [0.1, 0.15) is 92.4 Å². The van der Waals surface area contributed by atoms with Gasteiger partial charge in [-0.05, 0) is 63.9 Å². The van der Waals surface area contributed by atoms with E-state index in [9.17, 15) is 24.4 Å². The molecular weight excluding hydrogens is 516 g/mol. The average Bonchev–Trinajstić information content (AvgIpc) is 3.45. The summed E-state index contributed by atoms with van der Waals surface area (Å²) in [7, 11) is 0. The van der Waals surface area contributed by atoms with Crippen molar-refractivity contribution in [2.45, 2.75) is 134 Å². The monoisotopic (exact) mass is 558 g/mol. The summed E-state index contributed by atoms with van der Waals surface area (Å²) >= 11 is 0. The predicted molar refractivity (Wildman–Crippen MR) is 141 cm³/mol. The average molecular weight is 559 g/mol. The first kappa shape index (κ1) is 27.7. The molecule has 2 amide bonds. The third-order valence-electron chi connectivity index (χ3n) is 10.1. The van der Waals surface area contributed by atoms with E-state index in [-0.39, 0.29) is 36.1 Å². The summed E-state index contributed by atoms with van der Waals surface area (Å²) in [5, 5.41) is 16.0. The van der Waals surface area contributed by atoms with Gasteiger partial charge in [0.1, 0.15) is 23.9 Å². The van der Waals surface area contributed by atoms with Crippen molar-refractivity contribution in [1.82, 2.24) is 20.2 Å². The van der Waals surface area contributed by atoms with Crippen LogP contribution in [0.4, 0.5) is 0 Å². The topological polar surface area (TPSA) is 129 Å². The number of rotatable bonds is 4. The standard InChI is InChI=1S/C29H42N4O7/c1-15(2)22(39-16(3)34)23-30-19-12-8-6-10-17(19)24(35)31(23)21-14-29(40-25(21)36)18-11-7-9-13-20(18)32-26(29)33(38)28(4,5)27(32)37/h15,17,19,21-23,26,30,38H,6-14H2,1-5H3. The molecule has 4 fully saturated rings. The lowest BCUT2D eigenvalue weighted by molar-refractivity contribution is -0.211. The fraction of sp³-hybridized carbons (Fsp3) is 0.793. The quantitative estimate of drug-likeness (QED) is 0.500. The Morgan fingerprint density at radius 3 is 2.50 bits per heavy atom. The summed E-state index contributed by atoms with van der Waals surface area (Å²) in [6, 6.07) is -1.01. The number of carbonyl (C=O) groups is 4.